The smallest absolute Gasteiger partial charge is 0.338 e. The number of fused-ring (bicyclic) bond motifs is 2. The van der Waals surface area contributed by atoms with Crippen molar-refractivity contribution in [3.8, 4) is 0 Å². The number of hydrogen-bond acceptors (Lipinski definition) is 3. The van der Waals surface area contributed by atoms with Crippen LogP contribution in [0.25, 0.3) is 0 Å². The van der Waals surface area contributed by atoms with Crippen molar-refractivity contribution in [2.75, 3.05) is 7.05 Å². The SMILES string of the molecule is CN(OC(C)(C)C(=O)O)C(=O)C1CC2CCC1C2. The molecule has 2 fully saturated rings. The van der Waals surface area contributed by atoms with Crippen LogP contribution in [0.5, 0.6) is 0 Å². The van der Waals surface area contributed by atoms with Crippen molar-refractivity contribution in [1.29, 1.82) is 0 Å². The van der Waals surface area contributed by atoms with E-state index in [2.05, 4.69) is 0 Å². The summed E-state index contributed by atoms with van der Waals surface area (Å²) in [6, 6.07) is 0. The van der Waals surface area contributed by atoms with Gasteiger partial charge in [-0.3, -0.25) is 9.63 Å². The number of carboxylic acids is 1. The van der Waals surface area contributed by atoms with E-state index in [9.17, 15) is 9.59 Å². The Balaban J connectivity index is 1.95. The van der Waals surface area contributed by atoms with Crippen molar-refractivity contribution in [2.45, 2.75) is 45.1 Å². The molecule has 1 N–H and O–H groups in total. The highest BCUT2D eigenvalue weighted by molar-refractivity contribution is 5.80. The lowest BCUT2D eigenvalue weighted by molar-refractivity contribution is -0.231. The first kappa shape index (κ1) is 13.3. The average molecular weight is 255 g/mol. The van der Waals surface area contributed by atoms with Crippen LogP contribution < -0.4 is 0 Å². The first-order chi connectivity index (χ1) is 8.31. The molecule has 3 atom stereocenters. The van der Waals surface area contributed by atoms with E-state index in [-0.39, 0.29) is 11.8 Å². The first-order valence-corrected chi connectivity index (χ1v) is 6.51. The topological polar surface area (TPSA) is 66.8 Å². The molecular weight excluding hydrogens is 234 g/mol. The van der Waals surface area contributed by atoms with Gasteiger partial charge in [-0.15, -0.1) is 0 Å². The molecule has 0 spiro atoms. The minimum atomic E-state index is -1.37. The van der Waals surface area contributed by atoms with E-state index < -0.39 is 11.6 Å². The summed E-state index contributed by atoms with van der Waals surface area (Å²) in [7, 11) is 1.51. The second-order valence-corrected chi connectivity index (χ2v) is 6.02. The third-order valence-electron chi connectivity index (χ3n) is 4.25. The monoisotopic (exact) mass is 255 g/mol. The fourth-order valence-electron chi connectivity index (χ4n) is 3.21. The zero-order valence-electron chi connectivity index (χ0n) is 11.2. The second kappa shape index (κ2) is 4.53. The molecule has 0 aromatic carbocycles. The van der Waals surface area contributed by atoms with Crippen molar-refractivity contribution in [1.82, 2.24) is 5.06 Å². The lowest BCUT2D eigenvalue weighted by atomic mass is 9.88. The summed E-state index contributed by atoms with van der Waals surface area (Å²) in [4.78, 5) is 28.5. The molecule has 18 heavy (non-hydrogen) atoms. The first-order valence-electron chi connectivity index (χ1n) is 6.51. The van der Waals surface area contributed by atoms with Gasteiger partial charge in [0, 0.05) is 13.0 Å². The van der Waals surface area contributed by atoms with Gasteiger partial charge in [0.1, 0.15) is 0 Å². The highest BCUT2D eigenvalue weighted by Gasteiger charge is 2.45. The Morgan fingerprint density at radius 2 is 1.94 bits per heavy atom. The molecule has 2 aliphatic carbocycles. The van der Waals surface area contributed by atoms with Crippen LogP contribution in [0.1, 0.15) is 39.5 Å². The Hall–Kier alpha value is -1.10. The van der Waals surface area contributed by atoms with Gasteiger partial charge in [-0.1, -0.05) is 6.42 Å². The molecule has 0 aliphatic heterocycles. The average Bonchev–Trinajstić information content (AvgIpc) is 2.88. The Kier molecular flexibility index (Phi) is 3.36. The molecular formula is C13H21NO4. The molecule has 2 aliphatic rings. The summed E-state index contributed by atoms with van der Waals surface area (Å²) < 4.78 is 0. The summed E-state index contributed by atoms with van der Waals surface area (Å²) in [5.74, 6) is 0.0382. The molecule has 102 valence electrons. The van der Waals surface area contributed by atoms with E-state index >= 15 is 0 Å². The predicted molar refractivity (Wildman–Crippen MR) is 64.5 cm³/mol. The van der Waals surface area contributed by atoms with E-state index in [4.69, 9.17) is 9.94 Å². The van der Waals surface area contributed by atoms with Crippen LogP contribution in [-0.2, 0) is 14.4 Å². The lowest BCUT2D eigenvalue weighted by Gasteiger charge is -2.30. The molecule has 0 aromatic rings. The van der Waals surface area contributed by atoms with Crippen LogP contribution in [0, 0.1) is 17.8 Å². The fraction of sp³-hybridized carbons (Fsp3) is 0.846. The Labute approximate surface area is 107 Å². The summed E-state index contributed by atoms with van der Waals surface area (Å²) in [5.41, 5.74) is -1.37. The van der Waals surface area contributed by atoms with Crippen molar-refractivity contribution in [3.63, 3.8) is 0 Å². The molecule has 2 bridgehead atoms. The van der Waals surface area contributed by atoms with Gasteiger partial charge in [0.05, 0.1) is 0 Å². The number of rotatable bonds is 4. The van der Waals surface area contributed by atoms with Gasteiger partial charge in [-0.05, 0) is 44.9 Å². The number of aliphatic carboxylic acids is 1. The largest absolute Gasteiger partial charge is 0.479 e. The Morgan fingerprint density at radius 3 is 2.39 bits per heavy atom. The molecule has 2 saturated carbocycles. The third kappa shape index (κ3) is 2.36. The van der Waals surface area contributed by atoms with Crippen molar-refractivity contribution < 1.29 is 19.5 Å². The Bertz CT molecular complexity index is 366. The molecule has 0 heterocycles. The quantitative estimate of drug-likeness (QED) is 0.776. The fourth-order valence-corrected chi connectivity index (χ4v) is 3.21. The van der Waals surface area contributed by atoms with Crippen LogP contribution in [0.15, 0.2) is 0 Å². The lowest BCUT2D eigenvalue weighted by Crippen LogP contribution is -2.45. The van der Waals surface area contributed by atoms with Gasteiger partial charge < -0.3 is 5.11 Å². The van der Waals surface area contributed by atoms with E-state index in [1.54, 1.807) is 0 Å². The standard InChI is InChI=1S/C13H21NO4/c1-13(2,12(16)17)18-14(3)11(15)10-7-8-4-5-9(10)6-8/h8-10H,4-7H2,1-3H3,(H,16,17). The summed E-state index contributed by atoms with van der Waals surface area (Å²) in [6.45, 7) is 2.89. The molecule has 2 rings (SSSR count). The molecule has 0 radical (unpaired) electrons. The number of nitrogens with zero attached hydrogens (tertiary/aromatic N) is 1. The number of carbonyl (C=O) groups excluding carboxylic acids is 1. The van der Waals surface area contributed by atoms with Gasteiger partial charge in [-0.25, -0.2) is 9.86 Å². The van der Waals surface area contributed by atoms with Crippen LogP contribution in [0.3, 0.4) is 0 Å². The minimum Gasteiger partial charge on any atom is -0.479 e. The van der Waals surface area contributed by atoms with Crippen molar-refractivity contribution >= 4 is 11.9 Å². The predicted octanol–water partition coefficient (Wildman–Crippen LogP) is 1.68. The van der Waals surface area contributed by atoms with E-state index in [0.29, 0.717) is 11.8 Å². The van der Waals surface area contributed by atoms with Crippen LogP contribution in [0.4, 0.5) is 0 Å². The molecule has 5 nitrogen and oxygen atoms in total. The maximum atomic E-state index is 12.2. The number of carboxylic acid groups (broad SMARTS) is 1. The molecule has 0 aromatic heterocycles. The highest BCUT2D eigenvalue weighted by atomic mass is 16.7. The van der Waals surface area contributed by atoms with Gasteiger partial charge in [0.15, 0.2) is 5.60 Å². The number of hydrogen-bond donors (Lipinski definition) is 1. The van der Waals surface area contributed by atoms with Gasteiger partial charge in [-0.2, -0.15) is 0 Å². The van der Waals surface area contributed by atoms with Crippen molar-refractivity contribution in [2.24, 2.45) is 17.8 Å². The maximum absolute atomic E-state index is 12.2. The Morgan fingerprint density at radius 1 is 1.28 bits per heavy atom. The van der Waals surface area contributed by atoms with Gasteiger partial charge >= 0.3 is 5.97 Å². The van der Waals surface area contributed by atoms with E-state index in [1.807, 2.05) is 0 Å². The number of amides is 1. The van der Waals surface area contributed by atoms with Crippen LogP contribution in [0.2, 0.25) is 0 Å². The van der Waals surface area contributed by atoms with Gasteiger partial charge in [0.25, 0.3) is 0 Å². The normalized spacial score (nSPS) is 30.5. The summed E-state index contributed by atoms with van der Waals surface area (Å²) >= 11 is 0. The molecule has 5 heteroatoms. The molecule has 3 unspecified atom stereocenters. The third-order valence-corrected chi connectivity index (χ3v) is 4.25. The highest BCUT2D eigenvalue weighted by Crippen LogP contribution is 2.48. The molecule has 0 saturated heterocycles. The zero-order valence-corrected chi connectivity index (χ0v) is 11.2. The second-order valence-electron chi connectivity index (χ2n) is 6.02. The van der Waals surface area contributed by atoms with Gasteiger partial charge in [0.2, 0.25) is 5.91 Å². The number of carbonyl (C=O) groups is 2. The van der Waals surface area contributed by atoms with E-state index in [0.717, 1.165) is 24.3 Å². The summed E-state index contributed by atoms with van der Waals surface area (Å²) in [5, 5.41) is 10.1. The van der Waals surface area contributed by atoms with Crippen LogP contribution in [-0.4, -0.2) is 34.7 Å². The van der Waals surface area contributed by atoms with E-state index in [1.165, 1.54) is 27.3 Å². The maximum Gasteiger partial charge on any atom is 0.338 e. The minimum absolute atomic E-state index is 0.0262. The van der Waals surface area contributed by atoms with Crippen molar-refractivity contribution in [3.05, 3.63) is 0 Å². The number of hydroxylamine groups is 2. The molecule has 1 amide bonds. The summed E-state index contributed by atoms with van der Waals surface area (Å²) in [6.07, 6.45) is 4.44. The van der Waals surface area contributed by atoms with Crippen LogP contribution >= 0.6 is 0 Å². The zero-order chi connectivity index (χ0) is 13.5.